The lowest BCUT2D eigenvalue weighted by Crippen LogP contribution is -2.29. The first-order valence-corrected chi connectivity index (χ1v) is 11.8. The molecule has 2 heterocycles. The molecule has 33 heavy (non-hydrogen) atoms. The SMILES string of the molecule is COc1c(OCc2ccccc2)cc2c(c1Br)C(/C=C/c1cc3c(cc1C)OCO3)NCC2. The first-order chi connectivity index (χ1) is 16.1. The molecular formula is C27H26BrNO4. The summed E-state index contributed by atoms with van der Waals surface area (Å²) in [5, 5.41) is 3.62. The molecule has 2 aliphatic heterocycles. The minimum Gasteiger partial charge on any atom is -0.492 e. The Labute approximate surface area is 202 Å². The van der Waals surface area contributed by atoms with Gasteiger partial charge in [0.05, 0.1) is 17.6 Å². The molecule has 3 aromatic carbocycles. The van der Waals surface area contributed by atoms with E-state index >= 15 is 0 Å². The van der Waals surface area contributed by atoms with E-state index in [1.165, 1.54) is 11.1 Å². The van der Waals surface area contributed by atoms with E-state index in [9.17, 15) is 0 Å². The number of fused-ring (bicyclic) bond motifs is 2. The number of methoxy groups -OCH3 is 1. The highest BCUT2D eigenvalue weighted by Crippen LogP contribution is 2.44. The average Bonchev–Trinajstić information content (AvgIpc) is 3.29. The minimum atomic E-state index is 0.0463. The Morgan fingerprint density at radius 2 is 1.91 bits per heavy atom. The first-order valence-electron chi connectivity index (χ1n) is 11.0. The van der Waals surface area contributed by atoms with E-state index in [2.05, 4.69) is 58.5 Å². The Balaban J connectivity index is 1.43. The van der Waals surface area contributed by atoms with Crippen LogP contribution in [0.4, 0.5) is 0 Å². The maximum atomic E-state index is 6.16. The van der Waals surface area contributed by atoms with Crippen LogP contribution in [0.15, 0.2) is 59.1 Å². The maximum absolute atomic E-state index is 6.16. The van der Waals surface area contributed by atoms with Crippen LogP contribution in [0.2, 0.25) is 0 Å². The summed E-state index contributed by atoms with van der Waals surface area (Å²) >= 11 is 3.81. The van der Waals surface area contributed by atoms with Crippen LogP contribution in [-0.4, -0.2) is 20.4 Å². The van der Waals surface area contributed by atoms with Gasteiger partial charge in [0.15, 0.2) is 23.0 Å². The molecule has 2 aliphatic rings. The fraction of sp³-hybridized carbons (Fsp3) is 0.259. The Hall–Kier alpha value is -2.96. The summed E-state index contributed by atoms with van der Waals surface area (Å²) in [4.78, 5) is 0. The molecule has 0 spiro atoms. The Morgan fingerprint density at radius 1 is 1.12 bits per heavy atom. The van der Waals surface area contributed by atoms with Crippen LogP contribution in [0.25, 0.3) is 6.08 Å². The number of hydrogen-bond donors (Lipinski definition) is 1. The van der Waals surface area contributed by atoms with Crippen LogP contribution in [-0.2, 0) is 13.0 Å². The summed E-state index contributed by atoms with van der Waals surface area (Å²) in [7, 11) is 1.68. The van der Waals surface area contributed by atoms with E-state index < -0.39 is 0 Å². The van der Waals surface area contributed by atoms with Crippen LogP contribution < -0.4 is 24.3 Å². The molecule has 5 rings (SSSR count). The lowest BCUT2D eigenvalue weighted by molar-refractivity contribution is 0.174. The molecular weight excluding hydrogens is 482 g/mol. The molecule has 0 aliphatic carbocycles. The number of hydrogen-bond acceptors (Lipinski definition) is 5. The molecule has 5 nitrogen and oxygen atoms in total. The number of aryl methyl sites for hydroxylation is 1. The van der Waals surface area contributed by atoms with Gasteiger partial charge >= 0.3 is 0 Å². The third-order valence-electron chi connectivity index (χ3n) is 6.05. The fourth-order valence-electron chi connectivity index (χ4n) is 4.32. The normalized spacial score (nSPS) is 16.6. The van der Waals surface area contributed by atoms with Crippen molar-refractivity contribution in [1.29, 1.82) is 0 Å². The molecule has 1 unspecified atom stereocenters. The minimum absolute atomic E-state index is 0.0463. The lowest BCUT2D eigenvalue weighted by Gasteiger charge is -2.28. The monoisotopic (exact) mass is 507 g/mol. The zero-order chi connectivity index (χ0) is 22.8. The Morgan fingerprint density at radius 3 is 2.70 bits per heavy atom. The molecule has 170 valence electrons. The molecule has 1 atom stereocenters. The van der Waals surface area contributed by atoms with Crippen molar-refractivity contribution < 1.29 is 18.9 Å². The molecule has 0 saturated carbocycles. The molecule has 0 aromatic heterocycles. The van der Waals surface area contributed by atoms with Crippen molar-refractivity contribution in [2.24, 2.45) is 0 Å². The standard InChI is InChI=1S/C27H26BrNO4/c1-17-12-22-23(33-16-32-22)13-19(17)8-9-21-25-20(10-11-29-21)14-24(27(30-2)26(25)28)31-15-18-6-4-3-5-7-18/h3-9,12-14,21,29H,10-11,15-16H2,1-2H3/b9-8+. The van der Waals surface area contributed by atoms with Gasteiger partial charge < -0.3 is 24.3 Å². The molecule has 1 N–H and O–H groups in total. The smallest absolute Gasteiger partial charge is 0.231 e. The van der Waals surface area contributed by atoms with E-state index in [0.717, 1.165) is 51.4 Å². The summed E-state index contributed by atoms with van der Waals surface area (Å²) < 4.78 is 23.9. The van der Waals surface area contributed by atoms with E-state index in [4.69, 9.17) is 18.9 Å². The Bertz CT molecular complexity index is 1190. The van der Waals surface area contributed by atoms with E-state index in [1.807, 2.05) is 30.3 Å². The summed E-state index contributed by atoms with van der Waals surface area (Å²) in [5.74, 6) is 3.07. The molecule has 0 amide bonds. The molecule has 0 radical (unpaired) electrons. The summed E-state index contributed by atoms with van der Waals surface area (Å²) in [6, 6.07) is 16.4. The first kappa shape index (κ1) is 21.9. The van der Waals surface area contributed by atoms with Gasteiger partial charge in [0, 0.05) is 6.54 Å². The van der Waals surface area contributed by atoms with Gasteiger partial charge in [-0.2, -0.15) is 0 Å². The highest BCUT2D eigenvalue weighted by molar-refractivity contribution is 9.10. The number of rotatable bonds is 6. The van der Waals surface area contributed by atoms with E-state index in [-0.39, 0.29) is 12.8 Å². The predicted molar refractivity (Wildman–Crippen MR) is 132 cm³/mol. The van der Waals surface area contributed by atoms with Gasteiger partial charge in [-0.1, -0.05) is 42.5 Å². The van der Waals surface area contributed by atoms with E-state index in [1.54, 1.807) is 7.11 Å². The van der Waals surface area contributed by atoms with Gasteiger partial charge in [-0.05, 0) is 75.3 Å². The third-order valence-corrected chi connectivity index (χ3v) is 6.84. The number of ether oxygens (including phenoxy) is 4. The lowest BCUT2D eigenvalue weighted by atomic mass is 9.92. The summed E-state index contributed by atoms with van der Waals surface area (Å²) in [5.41, 5.74) is 5.81. The van der Waals surface area contributed by atoms with E-state index in [0.29, 0.717) is 12.4 Å². The Kier molecular flexibility index (Phi) is 6.29. The van der Waals surface area contributed by atoms with Crippen molar-refractivity contribution in [1.82, 2.24) is 5.32 Å². The van der Waals surface area contributed by atoms with Crippen LogP contribution in [0.3, 0.4) is 0 Å². The largest absolute Gasteiger partial charge is 0.492 e. The molecule has 3 aromatic rings. The summed E-state index contributed by atoms with van der Waals surface area (Å²) in [6.45, 7) is 3.74. The van der Waals surface area contributed by atoms with Crippen molar-refractivity contribution in [2.75, 3.05) is 20.4 Å². The number of nitrogens with one attached hydrogen (secondary N) is 1. The van der Waals surface area contributed by atoms with Crippen LogP contribution in [0, 0.1) is 6.92 Å². The highest BCUT2D eigenvalue weighted by atomic mass is 79.9. The zero-order valence-electron chi connectivity index (χ0n) is 18.7. The molecule has 0 saturated heterocycles. The van der Waals surface area contributed by atoms with Gasteiger partial charge in [0.25, 0.3) is 0 Å². The summed E-state index contributed by atoms with van der Waals surface area (Å²) in [6.07, 6.45) is 5.26. The molecule has 0 fully saturated rings. The van der Waals surface area contributed by atoms with Crippen molar-refractivity contribution in [3.8, 4) is 23.0 Å². The zero-order valence-corrected chi connectivity index (χ0v) is 20.3. The average molecular weight is 508 g/mol. The van der Waals surface area contributed by atoms with Crippen LogP contribution in [0.5, 0.6) is 23.0 Å². The van der Waals surface area contributed by atoms with Gasteiger partial charge in [-0.25, -0.2) is 0 Å². The van der Waals surface area contributed by atoms with Gasteiger partial charge in [-0.15, -0.1) is 0 Å². The fourth-order valence-corrected chi connectivity index (χ4v) is 5.17. The van der Waals surface area contributed by atoms with Gasteiger partial charge in [0.1, 0.15) is 6.61 Å². The number of benzene rings is 3. The predicted octanol–water partition coefficient (Wildman–Crippen LogP) is 5.97. The highest BCUT2D eigenvalue weighted by Gasteiger charge is 2.26. The second-order valence-electron chi connectivity index (χ2n) is 8.17. The maximum Gasteiger partial charge on any atom is 0.231 e. The second-order valence-corrected chi connectivity index (χ2v) is 8.96. The third kappa shape index (κ3) is 4.45. The van der Waals surface area contributed by atoms with Crippen LogP contribution >= 0.6 is 15.9 Å². The second kappa shape index (κ2) is 9.49. The van der Waals surface area contributed by atoms with Crippen molar-refractivity contribution in [3.63, 3.8) is 0 Å². The van der Waals surface area contributed by atoms with Crippen molar-refractivity contribution in [3.05, 3.63) is 86.9 Å². The molecule has 6 heteroatoms. The van der Waals surface area contributed by atoms with Gasteiger partial charge in [0.2, 0.25) is 6.79 Å². The van der Waals surface area contributed by atoms with Crippen LogP contribution in [0.1, 0.15) is 33.9 Å². The quantitative estimate of drug-likeness (QED) is 0.445. The topological polar surface area (TPSA) is 49.0 Å². The van der Waals surface area contributed by atoms with Crippen molar-refractivity contribution >= 4 is 22.0 Å². The van der Waals surface area contributed by atoms with Gasteiger partial charge in [-0.3, -0.25) is 0 Å². The van der Waals surface area contributed by atoms with Crippen molar-refractivity contribution in [2.45, 2.75) is 26.0 Å². The number of halogens is 1. The molecule has 0 bridgehead atoms.